The molecule has 0 aliphatic heterocycles. The van der Waals surface area contributed by atoms with Gasteiger partial charge in [0.2, 0.25) is 0 Å². The summed E-state index contributed by atoms with van der Waals surface area (Å²) < 4.78 is 1.74. The molecule has 0 fully saturated rings. The highest BCUT2D eigenvalue weighted by Gasteiger charge is 2.14. The standard InChI is InChI=1S/C17H20N2O/c1-11-6-7-15(10-12(11)2)8-9-16(20)17-13(3)18-19(5)14(17)4/h6-10H,1-5H3/b9-8+. The van der Waals surface area contributed by atoms with Crippen LogP contribution in [0.15, 0.2) is 24.3 Å². The monoisotopic (exact) mass is 268 g/mol. The third-order valence-electron chi connectivity index (χ3n) is 3.71. The lowest BCUT2D eigenvalue weighted by Gasteiger charge is -2.01. The Hall–Kier alpha value is -2.16. The molecule has 20 heavy (non-hydrogen) atoms. The molecule has 2 aromatic rings. The first-order valence-corrected chi connectivity index (χ1v) is 6.70. The van der Waals surface area contributed by atoms with Crippen molar-refractivity contribution in [2.75, 3.05) is 0 Å². The molecule has 0 atom stereocenters. The number of nitrogens with zero attached hydrogens (tertiary/aromatic N) is 2. The van der Waals surface area contributed by atoms with Crippen LogP contribution in [0.2, 0.25) is 0 Å². The van der Waals surface area contributed by atoms with Crippen molar-refractivity contribution >= 4 is 11.9 Å². The Morgan fingerprint density at radius 2 is 1.85 bits per heavy atom. The maximum Gasteiger partial charge on any atom is 0.189 e. The fraction of sp³-hybridized carbons (Fsp3) is 0.294. The Kier molecular flexibility index (Phi) is 3.89. The van der Waals surface area contributed by atoms with E-state index in [1.54, 1.807) is 10.8 Å². The zero-order valence-electron chi connectivity index (χ0n) is 12.7. The predicted molar refractivity (Wildman–Crippen MR) is 82.0 cm³/mol. The van der Waals surface area contributed by atoms with Gasteiger partial charge < -0.3 is 0 Å². The smallest absolute Gasteiger partial charge is 0.189 e. The van der Waals surface area contributed by atoms with E-state index >= 15 is 0 Å². The largest absolute Gasteiger partial charge is 0.289 e. The molecule has 0 unspecified atom stereocenters. The predicted octanol–water partition coefficient (Wildman–Crippen LogP) is 3.55. The molecule has 2 rings (SSSR count). The average Bonchev–Trinajstić information content (AvgIpc) is 2.64. The van der Waals surface area contributed by atoms with E-state index in [0.717, 1.165) is 17.0 Å². The average molecular weight is 268 g/mol. The van der Waals surface area contributed by atoms with Crippen molar-refractivity contribution < 1.29 is 4.79 Å². The van der Waals surface area contributed by atoms with Crippen LogP contribution in [-0.4, -0.2) is 15.6 Å². The van der Waals surface area contributed by atoms with Gasteiger partial charge in [-0.1, -0.05) is 24.3 Å². The number of carbonyl (C=O) groups excluding carboxylic acids is 1. The molecule has 1 aromatic heterocycles. The highest BCUT2D eigenvalue weighted by Crippen LogP contribution is 2.15. The fourth-order valence-electron chi connectivity index (χ4n) is 2.25. The molecule has 0 amide bonds. The van der Waals surface area contributed by atoms with E-state index in [1.165, 1.54) is 11.1 Å². The van der Waals surface area contributed by atoms with Crippen LogP contribution in [0, 0.1) is 27.7 Å². The minimum atomic E-state index is 0.00586. The molecule has 0 saturated carbocycles. The van der Waals surface area contributed by atoms with E-state index in [2.05, 4.69) is 31.1 Å². The molecule has 0 spiro atoms. The van der Waals surface area contributed by atoms with Crippen LogP contribution >= 0.6 is 0 Å². The number of aromatic nitrogens is 2. The van der Waals surface area contributed by atoms with Crippen LogP contribution in [-0.2, 0) is 7.05 Å². The van der Waals surface area contributed by atoms with Gasteiger partial charge in [-0.25, -0.2) is 0 Å². The van der Waals surface area contributed by atoms with Crippen LogP contribution in [0.3, 0.4) is 0 Å². The minimum Gasteiger partial charge on any atom is -0.289 e. The van der Waals surface area contributed by atoms with E-state index in [0.29, 0.717) is 5.56 Å². The van der Waals surface area contributed by atoms with E-state index in [9.17, 15) is 4.79 Å². The quantitative estimate of drug-likeness (QED) is 0.630. The van der Waals surface area contributed by atoms with E-state index in [1.807, 2.05) is 33.0 Å². The van der Waals surface area contributed by atoms with Crippen LogP contribution in [0.1, 0.15) is 38.4 Å². The number of hydrogen-bond acceptors (Lipinski definition) is 2. The summed E-state index contributed by atoms with van der Waals surface area (Å²) in [5.74, 6) is 0.00586. The summed E-state index contributed by atoms with van der Waals surface area (Å²) in [5.41, 5.74) is 5.91. The Morgan fingerprint density at radius 3 is 2.40 bits per heavy atom. The number of rotatable bonds is 3. The number of hydrogen-bond donors (Lipinski definition) is 0. The molecule has 0 aliphatic rings. The minimum absolute atomic E-state index is 0.00586. The number of benzene rings is 1. The lowest BCUT2D eigenvalue weighted by atomic mass is 10.0. The van der Waals surface area contributed by atoms with Crippen molar-refractivity contribution in [3.63, 3.8) is 0 Å². The summed E-state index contributed by atoms with van der Waals surface area (Å²) >= 11 is 0. The second kappa shape index (κ2) is 5.45. The van der Waals surface area contributed by atoms with Gasteiger partial charge in [-0.15, -0.1) is 0 Å². The molecular weight excluding hydrogens is 248 g/mol. The van der Waals surface area contributed by atoms with Crippen molar-refractivity contribution in [1.82, 2.24) is 9.78 Å². The van der Waals surface area contributed by atoms with Crippen LogP contribution < -0.4 is 0 Å². The first-order valence-electron chi connectivity index (χ1n) is 6.70. The van der Waals surface area contributed by atoms with Crippen molar-refractivity contribution in [2.24, 2.45) is 7.05 Å². The fourth-order valence-corrected chi connectivity index (χ4v) is 2.25. The van der Waals surface area contributed by atoms with Crippen LogP contribution in [0.4, 0.5) is 0 Å². The van der Waals surface area contributed by atoms with Crippen molar-refractivity contribution in [2.45, 2.75) is 27.7 Å². The molecule has 0 N–H and O–H groups in total. The third kappa shape index (κ3) is 2.72. The summed E-state index contributed by atoms with van der Waals surface area (Å²) in [7, 11) is 1.85. The first-order chi connectivity index (χ1) is 9.40. The van der Waals surface area contributed by atoms with Gasteiger partial charge in [-0.3, -0.25) is 9.48 Å². The highest BCUT2D eigenvalue weighted by atomic mass is 16.1. The molecule has 104 valence electrons. The Morgan fingerprint density at radius 1 is 1.15 bits per heavy atom. The van der Waals surface area contributed by atoms with E-state index in [4.69, 9.17) is 0 Å². The Balaban J connectivity index is 2.27. The molecule has 0 bridgehead atoms. The molecule has 3 nitrogen and oxygen atoms in total. The molecule has 0 saturated heterocycles. The second-order valence-corrected chi connectivity index (χ2v) is 5.21. The summed E-state index contributed by atoms with van der Waals surface area (Å²) in [6, 6.07) is 6.18. The van der Waals surface area contributed by atoms with E-state index < -0.39 is 0 Å². The Bertz CT molecular complexity index is 693. The van der Waals surface area contributed by atoms with Gasteiger partial charge in [0, 0.05) is 12.7 Å². The summed E-state index contributed by atoms with van der Waals surface area (Å²) in [6.45, 7) is 7.93. The number of ketones is 1. The van der Waals surface area contributed by atoms with Gasteiger partial charge in [0.25, 0.3) is 0 Å². The van der Waals surface area contributed by atoms with Gasteiger partial charge >= 0.3 is 0 Å². The molecule has 0 aliphatic carbocycles. The van der Waals surface area contributed by atoms with Crippen molar-refractivity contribution in [1.29, 1.82) is 0 Å². The van der Waals surface area contributed by atoms with Gasteiger partial charge in [-0.2, -0.15) is 5.10 Å². The zero-order chi connectivity index (χ0) is 14.9. The van der Waals surface area contributed by atoms with Gasteiger partial charge in [0.15, 0.2) is 5.78 Å². The van der Waals surface area contributed by atoms with Crippen molar-refractivity contribution in [3.05, 3.63) is 57.9 Å². The second-order valence-electron chi connectivity index (χ2n) is 5.21. The van der Waals surface area contributed by atoms with Crippen LogP contribution in [0.25, 0.3) is 6.08 Å². The topological polar surface area (TPSA) is 34.9 Å². The molecular formula is C17H20N2O. The lowest BCUT2D eigenvalue weighted by molar-refractivity contribution is 0.104. The number of allylic oxidation sites excluding steroid dienone is 1. The van der Waals surface area contributed by atoms with E-state index in [-0.39, 0.29) is 5.78 Å². The molecule has 1 aromatic carbocycles. The first kappa shape index (κ1) is 14.3. The number of aryl methyl sites for hydroxylation is 4. The number of carbonyl (C=O) groups is 1. The summed E-state index contributed by atoms with van der Waals surface area (Å²) in [4.78, 5) is 12.3. The Labute approximate surface area is 119 Å². The van der Waals surface area contributed by atoms with Crippen LogP contribution in [0.5, 0.6) is 0 Å². The van der Waals surface area contributed by atoms with Gasteiger partial charge in [0.05, 0.1) is 11.3 Å². The highest BCUT2D eigenvalue weighted by molar-refractivity contribution is 6.08. The van der Waals surface area contributed by atoms with Crippen molar-refractivity contribution in [3.8, 4) is 0 Å². The van der Waals surface area contributed by atoms with Gasteiger partial charge in [-0.05, 0) is 50.5 Å². The third-order valence-corrected chi connectivity index (χ3v) is 3.71. The summed E-state index contributed by atoms with van der Waals surface area (Å²) in [5, 5.41) is 4.27. The normalized spacial score (nSPS) is 11.2. The molecule has 3 heteroatoms. The maximum atomic E-state index is 12.3. The SMILES string of the molecule is Cc1ccc(/C=C/C(=O)c2c(C)nn(C)c2C)cc1C. The maximum absolute atomic E-state index is 12.3. The molecule has 0 radical (unpaired) electrons. The van der Waals surface area contributed by atoms with Gasteiger partial charge in [0.1, 0.15) is 0 Å². The summed E-state index contributed by atoms with van der Waals surface area (Å²) in [6.07, 6.45) is 3.49. The molecule has 1 heterocycles. The lowest BCUT2D eigenvalue weighted by Crippen LogP contribution is -1.99. The zero-order valence-corrected chi connectivity index (χ0v) is 12.7.